The first kappa shape index (κ1) is 17.5. The molecule has 1 unspecified atom stereocenters. The molecule has 3 rings (SSSR count). The molecule has 3 aromatic rings. The van der Waals surface area contributed by atoms with Crippen LogP contribution in [-0.2, 0) is 4.74 Å². The highest BCUT2D eigenvalue weighted by molar-refractivity contribution is 5.93. The SMILES string of the molecule is CC(OC(=O)c1ccc(C(N)=O)nc1)c1nc2ccccc2n1C(F)F. The number of benzene rings is 1. The van der Waals surface area contributed by atoms with E-state index >= 15 is 0 Å². The molecule has 9 heteroatoms. The van der Waals surface area contributed by atoms with Crippen molar-refractivity contribution in [1.29, 1.82) is 0 Å². The van der Waals surface area contributed by atoms with Crippen LogP contribution >= 0.6 is 0 Å². The van der Waals surface area contributed by atoms with Gasteiger partial charge in [-0.05, 0) is 31.2 Å². The lowest BCUT2D eigenvalue weighted by Crippen LogP contribution is -2.16. The van der Waals surface area contributed by atoms with Gasteiger partial charge < -0.3 is 10.5 Å². The number of carbonyl (C=O) groups excluding carboxylic acids is 2. The van der Waals surface area contributed by atoms with Gasteiger partial charge in [-0.1, -0.05) is 12.1 Å². The predicted molar refractivity (Wildman–Crippen MR) is 87.6 cm³/mol. The first-order valence-corrected chi connectivity index (χ1v) is 7.60. The van der Waals surface area contributed by atoms with Crippen molar-refractivity contribution in [3.05, 3.63) is 59.7 Å². The van der Waals surface area contributed by atoms with Gasteiger partial charge in [-0.25, -0.2) is 9.78 Å². The molecule has 2 N–H and O–H groups in total. The summed E-state index contributed by atoms with van der Waals surface area (Å²) in [6.45, 7) is -1.39. The van der Waals surface area contributed by atoms with Gasteiger partial charge in [-0.15, -0.1) is 0 Å². The number of esters is 1. The lowest BCUT2D eigenvalue weighted by Gasteiger charge is -2.15. The monoisotopic (exact) mass is 360 g/mol. The number of para-hydroxylation sites is 2. The summed E-state index contributed by atoms with van der Waals surface area (Å²) in [7, 11) is 0. The van der Waals surface area contributed by atoms with Gasteiger partial charge in [-0.3, -0.25) is 14.3 Å². The van der Waals surface area contributed by atoms with Crippen LogP contribution in [0.3, 0.4) is 0 Å². The van der Waals surface area contributed by atoms with Crippen molar-refractivity contribution >= 4 is 22.9 Å². The summed E-state index contributed by atoms with van der Waals surface area (Å²) in [4.78, 5) is 31.1. The molecule has 0 fully saturated rings. The summed E-state index contributed by atoms with van der Waals surface area (Å²) in [5, 5.41) is 0. The van der Waals surface area contributed by atoms with Gasteiger partial charge in [0, 0.05) is 6.20 Å². The van der Waals surface area contributed by atoms with Gasteiger partial charge in [0.15, 0.2) is 11.9 Å². The van der Waals surface area contributed by atoms with E-state index in [0.29, 0.717) is 5.52 Å². The third kappa shape index (κ3) is 3.23. The van der Waals surface area contributed by atoms with Crippen LogP contribution in [0.1, 0.15) is 46.2 Å². The molecule has 26 heavy (non-hydrogen) atoms. The Bertz CT molecular complexity index is 970. The largest absolute Gasteiger partial charge is 0.451 e. The van der Waals surface area contributed by atoms with Crippen LogP contribution in [-0.4, -0.2) is 26.4 Å². The van der Waals surface area contributed by atoms with Crippen molar-refractivity contribution in [1.82, 2.24) is 14.5 Å². The van der Waals surface area contributed by atoms with Crippen molar-refractivity contribution in [2.75, 3.05) is 0 Å². The Labute approximate surface area is 146 Å². The second-order valence-corrected chi connectivity index (χ2v) is 5.45. The van der Waals surface area contributed by atoms with E-state index in [-0.39, 0.29) is 22.6 Å². The zero-order chi connectivity index (χ0) is 18.8. The molecular formula is C17H14F2N4O3. The standard InChI is InChI=1S/C17H14F2N4O3/c1-9(26-16(25)10-6-7-12(14(20)24)21-8-10)15-22-11-4-2-3-5-13(11)23(15)17(18)19/h2-9,17H,1H3,(H2,20,24). The maximum Gasteiger partial charge on any atom is 0.340 e. The number of primary amides is 1. The Kier molecular flexibility index (Phi) is 4.61. The van der Waals surface area contributed by atoms with Crippen LogP contribution in [0.4, 0.5) is 8.78 Å². The second-order valence-electron chi connectivity index (χ2n) is 5.45. The number of fused-ring (bicyclic) bond motifs is 1. The number of nitrogens with zero attached hydrogens (tertiary/aromatic N) is 3. The number of aromatic nitrogens is 3. The molecule has 2 heterocycles. The minimum atomic E-state index is -2.84. The summed E-state index contributed by atoms with van der Waals surface area (Å²) >= 11 is 0. The zero-order valence-corrected chi connectivity index (χ0v) is 13.6. The smallest absolute Gasteiger partial charge is 0.340 e. The summed E-state index contributed by atoms with van der Waals surface area (Å²) in [5.74, 6) is -1.59. The van der Waals surface area contributed by atoms with E-state index in [9.17, 15) is 18.4 Å². The molecule has 1 amide bonds. The molecule has 0 bridgehead atoms. The Morgan fingerprint density at radius 3 is 2.54 bits per heavy atom. The number of rotatable bonds is 5. The van der Waals surface area contributed by atoms with E-state index < -0.39 is 24.5 Å². The van der Waals surface area contributed by atoms with Crippen LogP contribution in [0.15, 0.2) is 42.6 Å². The van der Waals surface area contributed by atoms with Crippen LogP contribution in [0.5, 0.6) is 0 Å². The fourth-order valence-corrected chi connectivity index (χ4v) is 2.50. The van der Waals surface area contributed by atoms with Crippen molar-refractivity contribution in [3.8, 4) is 0 Å². The predicted octanol–water partition coefficient (Wildman–Crippen LogP) is 2.84. The molecule has 2 aromatic heterocycles. The quantitative estimate of drug-likeness (QED) is 0.705. The molecule has 0 saturated heterocycles. The molecule has 0 aliphatic heterocycles. The molecule has 1 atom stereocenters. The average molecular weight is 360 g/mol. The topological polar surface area (TPSA) is 100 Å². The minimum Gasteiger partial charge on any atom is -0.451 e. The lowest BCUT2D eigenvalue weighted by atomic mass is 10.2. The number of pyridine rings is 1. The number of hydrogen-bond donors (Lipinski definition) is 1. The number of halogens is 2. The van der Waals surface area contributed by atoms with Crippen molar-refractivity contribution < 1.29 is 23.1 Å². The van der Waals surface area contributed by atoms with E-state index in [1.807, 2.05) is 0 Å². The Balaban J connectivity index is 1.86. The van der Waals surface area contributed by atoms with Gasteiger partial charge in [0.05, 0.1) is 16.6 Å². The van der Waals surface area contributed by atoms with Crippen molar-refractivity contribution in [2.24, 2.45) is 5.73 Å². The maximum absolute atomic E-state index is 13.5. The number of ether oxygens (including phenoxy) is 1. The van der Waals surface area contributed by atoms with Crippen LogP contribution in [0, 0.1) is 0 Å². The van der Waals surface area contributed by atoms with E-state index in [4.69, 9.17) is 10.5 Å². The van der Waals surface area contributed by atoms with Crippen LogP contribution in [0.2, 0.25) is 0 Å². The van der Waals surface area contributed by atoms with Gasteiger partial charge in [0.25, 0.3) is 5.91 Å². The van der Waals surface area contributed by atoms with Crippen LogP contribution in [0.25, 0.3) is 11.0 Å². The highest BCUT2D eigenvalue weighted by Crippen LogP contribution is 2.28. The second kappa shape index (κ2) is 6.87. The van der Waals surface area contributed by atoms with E-state index in [0.717, 1.165) is 10.8 Å². The number of alkyl halides is 2. The van der Waals surface area contributed by atoms with Gasteiger partial charge in [-0.2, -0.15) is 8.78 Å². The van der Waals surface area contributed by atoms with E-state index in [1.54, 1.807) is 18.2 Å². The maximum atomic E-state index is 13.5. The molecule has 0 aliphatic carbocycles. The molecule has 134 valence electrons. The number of imidazole rings is 1. The van der Waals surface area contributed by atoms with E-state index in [1.165, 1.54) is 25.1 Å². The number of hydrogen-bond acceptors (Lipinski definition) is 5. The molecule has 7 nitrogen and oxygen atoms in total. The van der Waals surface area contributed by atoms with Gasteiger partial charge in [0.2, 0.25) is 0 Å². The molecule has 0 spiro atoms. The average Bonchev–Trinajstić information content (AvgIpc) is 3.01. The summed E-state index contributed by atoms with van der Waals surface area (Å²) in [6, 6.07) is 9.00. The summed E-state index contributed by atoms with van der Waals surface area (Å²) < 4.78 is 32.9. The molecule has 0 radical (unpaired) electrons. The molecule has 0 saturated carbocycles. The molecule has 0 aliphatic rings. The number of amides is 1. The van der Waals surface area contributed by atoms with Crippen molar-refractivity contribution in [2.45, 2.75) is 19.6 Å². The highest BCUT2D eigenvalue weighted by atomic mass is 19.3. The fraction of sp³-hybridized carbons (Fsp3) is 0.176. The summed E-state index contributed by atoms with van der Waals surface area (Å²) in [6.07, 6.45) is 0.102. The van der Waals surface area contributed by atoms with Gasteiger partial charge >= 0.3 is 12.5 Å². The third-order valence-electron chi connectivity index (χ3n) is 3.72. The Hall–Kier alpha value is -3.36. The molecular weight excluding hydrogens is 346 g/mol. The highest BCUT2D eigenvalue weighted by Gasteiger charge is 2.24. The molecule has 1 aromatic carbocycles. The van der Waals surface area contributed by atoms with Gasteiger partial charge in [0.1, 0.15) is 5.69 Å². The lowest BCUT2D eigenvalue weighted by molar-refractivity contribution is 0.0232. The summed E-state index contributed by atoms with van der Waals surface area (Å²) in [5.41, 5.74) is 5.75. The number of carbonyl (C=O) groups is 2. The Morgan fingerprint density at radius 1 is 1.19 bits per heavy atom. The first-order valence-electron chi connectivity index (χ1n) is 7.60. The van der Waals surface area contributed by atoms with Crippen LogP contribution < -0.4 is 5.73 Å². The van der Waals surface area contributed by atoms with E-state index in [2.05, 4.69) is 9.97 Å². The van der Waals surface area contributed by atoms with Crippen molar-refractivity contribution in [3.63, 3.8) is 0 Å². The third-order valence-corrected chi connectivity index (χ3v) is 3.72. The fourth-order valence-electron chi connectivity index (χ4n) is 2.50. The minimum absolute atomic E-state index is 0.00547. The first-order chi connectivity index (χ1) is 12.4. The Morgan fingerprint density at radius 2 is 1.92 bits per heavy atom. The normalized spacial score (nSPS) is 12.3. The number of nitrogens with two attached hydrogens (primary N) is 1. The zero-order valence-electron chi connectivity index (χ0n) is 13.6.